The first-order valence-electron chi connectivity index (χ1n) is 10.4. The molecule has 4 rings (SSSR count). The van der Waals surface area contributed by atoms with Gasteiger partial charge in [0.05, 0.1) is 0 Å². The van der Waals surface area contributed by atoms with Crippen molar-refractivity contribution in [1.29, 1.82) is 5.26 Å². The van der Waals surface area contributed by atoms with E-state index in [9.17, 15) is 5.26 Å². The number of hydrogen-bond donors (Lipinski definition) is 1. The van der Waals surface area contributed by atoms with Gasteiger partial charge in [-0.3, -0.25) is 0 Å². The van der Waals surface area contributed by atoms with Crippen LogP contribution in [0.2, 0.25) is 0 Å². The van der Waals surface area contributed by atoms with Gasteiger partial charge in [-0.15, -0.1) is 0 Å². The summed E-state index contributed by atoms with van der Waals surface area (Å²) in [6.45, 7) is 0.237. The monoisotopic (exact) mass is 377 g/mol. The first-order chi connectivity index (χ1) is 13.8. The van der Waals surface area contributed by atoms with Gasteiger partial charge in [0.2, 0.25) is 6.79 Å². The zero-order valence-electron chi connectivity index (χ0n) is 16.3. The molecule has 1 aliphatic carbocycles. The highest BCUT2D eigenvalue weighted by molar-refractivity contribution is 5.80. The van der Waals surface area contributed by atoms with Crippen LogP contribution in [0.1, 0.15) is 68.2 Å². The van der Waals surface area contributed by atoms with Gasteiger partial charge in [0.15, 0.2) is 11.5 Å². The van der Waals surface area contributed by atoms with Gasteiger partial charge in [-0.05, 0) is 48.9 Å². The van der Waals surface area contributed by atoms with Gasteiger partial charge < -0.3 is 15.2 Å². The first kappa shape index (κ1) is 18.6. The molecule has 2 aliphatic rings. The molecule has 1 aromatic carbocycles. The number of fused-ring (bicyclic) bond motifs is 2. The van der Waals surface area contributed by atoms with Crippen molar-refractivity contribution in [3.05, 3.63) is 35.0 Å². The number of nitriles is 1. The van der Waals surface area contributed by atoms with Gasteiger partial charge in [0.25, 0.3) is 0 Å². The van der Waals surface area contributed by atoms with Gasteiger partial charge in [-0.2, -0.15) is 5.26 Å². The number of nitrogens with two attached hydrogens (primary N) is 1. The second-order valence-corrected chi connectivity index (χ2v) is 7.68. The highest BCUT2D eigenvalue weighted by atomic mass is 16.7. The van der Waals surface area contributed by atoms with Gasteiger partial charge in [0, 0.05) is 11.3 Å². The van der Waals surface area contributed by atoms with E-state index in [-0.39, 0.29) is 6.79 Å². The summed E-state index contributed by atoms with van der Waals surface area (Å²) in [4.78, 5) is 4.67. The maximum Gasteiger partial charge on any atom is 0.231 e. The van der Waals surface area contributed by atoms with Crippen LogP contribution in [-0.4, -0.2) is 11.8 Å². The van der Waals surface area contributed by atoms with E-state index < -0.39 is 0 Å². The summed E-state index contributed by atoms with van der Waals surface area (Å²) in [7, 11) is 0. The Morgan fingerprint density at radius 2 is 1.57 bits per heavy atom. The van der Waals surface area contributed by atoms with Crippen molar-refractivity contribution in [3.8, 4) is 28.7 Å². The fraction of sp³-hybridized carbons (Fsp3) is 0.478. The smallest absolute Gasteiger partial charge is 0.231 e. The van der Waals surface area contributed by atoms with E-state index in [0.29, 0.717) is 11.4 Å². The summed E-state index contributed by atoms with van der Waals surface area (Å²) < 4.78 is 11.0. The number of aromatic nitrogens is 1. The molecule has 0 fully saturated rings. The normalized spacial score (nSPS) is 17.1. The second kappa shape index (κ2) is 8.52. The van der Waals surface area contributed by atoms with Gasteiger partial charge >= 0.3 is 0 Å². The number of benzene rings is 1. The van der Waals surface area contributed by atoms with Crippen LogP contribution in [-0.2, 0) is 12.8 Å². The molecule has 2 N–H and O–H groups in total. The van der Waals surface area contributed by atoms with Crippen LogP contribution in [0.15, 0.2) is 18.2 Å². The number of ether oxygens (including phenoxy) is 2. The molecular formula is C23H27N3O2. The maximum absolute atomic E-state index is 9.84. The molecular weight excluding hydrogens is 350 g/mol. The molecule has 0 amide bonds. The van der Waals surface area contributed by atoms with Crippen molar-refractivity contribution in [2.24, 2.45) is 0 Å². The van der Waals surface area contributed by atoms with Crippen molar-refractivity contribution >= 4 is 5.82 Å². The molecule has 5 nitrogen and oxygen atoms in total. The number of rotatable bonds is 1. The first-order valence-corrected chi connectivity index (χ1v) is 10.4. The molecule has 0 spiro atoms. The molecule has 1 aromatic heterocycles. The highest BCUT2D eigenvalue weighted by Crippen LogP contribution is 2.40. The Bertz CT molecular complexity index is 902. The lowest BCUT2D eigenvalue weighted by Crippen LogP contribution is -2.09. The summed E-state index contributed by atoms with van der Waals surface area (Å²) in [6.07, 6.45) is 11.7. The molecule has 0 radical (unpaired) electrons. The van der Waals surface area contributed by atoms with Gasteiger partial charge in [0.1, 0.15) is 17.5 Å². The third kappa shape index (κ3) is 3.77. The predicted molar refractivity (Wildman–Crippen MR) is 109 cm³/mol. The van der Waals surface area contributed by atoms with Crippen LogP contribution in [0.4, 0.5) is 5.82 Å². The average molecular weight is 377 g/mol. The number of hydrogen-bond acceptors (Lipinski definition) is 5. The Labute approximate surface area is 166 Å². The minimum Gasteiger partial charge on any atom is -0.454 e. The lowest BCUT2D eigenvalue weighted by Gasteiger charge is -2.19. The standard InChI is InChI=1S/C23H27N3O2/c24-14-18-22(16-11-12-20-21(13-16)28-15-27-20)17-9-7-5-3-1-2-4-6-8-10-19(17)26-23(18)25/h11-13H,1-10,15H2,(H2,25,26). The molecule has 0 bridgehead atoms. The lowest BCUT2D eigenvalue weighted by atomic mass is 9.89. The Morgan fingerprint density at radius 3 is 2.32 bits per heavy atom. The summed E-state index contributed by atoms with van der Waals surface area (Å²) in [6, 6.07) is 8.19. The highest BCUT2D eigenvalue weighted by Gasteiger charge is 2.22. The van der Waals surface area contributed by atoms with Crippen LogP contribution in [0.5, 0.6) is 11.5 Å². The van der Waals surface area contributed by atoms with E-state index in [1.54, 1.807) is 0 Å². The lowest BCUT2D eigenvalue weighted by molar-refractivity contribution is 0.174. The molecule has 2 heterocycles. The van der Waals surface area contributed by atoms with E-state index in [4.69, 9.17) is 15.2 Å². The Morgan fingerprint density at radius 1 is 0.893 bits per heavy atom. The van der Waals surface area contributed by atoms with Gasteiger partial charge in [-0.1, -0.05) is 44.6 Å². The Balaban J connectivity index is 1.82. The Kier molecular flexibility index (Phi) is 5.66. The summed E-state index contributed by atoms with van der Waals surface area (Å²) in [5, 5.41) is 9.84. The van der Waals surface area contributed by atoms with Crippen LogP contribution in [0, 0.1) is 11.3 Å². The molecule has 0 unspecified atom stereocenters. The van der Waals surface area contributed by atoms with Crippen LogP contribution in [0.3, 0.4) is 0 Å². The quantitative estimate of drug-likeness (QED) is 0.743. The van der Waals surface area contributed by atoms with Crippen molar-refractivity contribution < 1.29 is 9.47 Å². The largest absolute Gasteiger partial charge is 0.454 e. The van der Waals surface area contributed by atoms with E-state index in [2.05, 4.69) is 11.1 Å². The number of aryl methyl sites for hydroxylation is 1. The zero-order valence-corrected chi connectivity index (χ0v) is 16.3. The van der Waals surface area contributed by atoms with E-state index in [1.165, 1.54) is 44.1 Å². The molecule has 0 saturated heterocycles. The minimum absolute atomic E-state index is 0.237. The van der Waals surface area contributed by atoms with Crippen molar-refractivity contribution in [3.63, 3.8) is 0 Å². The topological polar surface area (TPSA) is 81.2 Å². The molecule has 0 atom stereocenters. The molecule has 5 heteroatoms. The van der Waals surface area contributed by atoms with Crippen LogP contribution in [0.25, 0.3) is 11.1 Å². The predicted octanol–water partition coefficient (Wildman–Crippen LogP) is 5.15. The number of nitrogens with zero attached hydrogens (tertiary/aromatic N) is 2. The van der Waals surface area contributed by atoms with E-state index in [1.807, 2.05) is 18.2 Å². The fourth-order valence-electron chi connectivity index (χ4n) is 4.31. The molecule has 2 aromatic rings. The second-order valence-electron chi connectivity index (χ2n) is 7.68. The fourth-order valence-corrected chi connectivity index (χ4v) is 4.31. The summed E-state index contributed by atoms with van der Waals surface area (Å²) in [5.74, 6) is 1.80. The summed E-state index contributed by atoms with van der Waals surface area (Å²) in [5.41, 5.74) is 10.8. The van der Waals surface area contributed by atoms with E-state index >= 15 is 0 Å². The molecule has 1 aliphatic heterocycles. The van der Waals surface area contributed by atoms with Crippen molar-refractivity contribution in [2.75, 3.05) is 12.5 Å². The van der Waals surface area contributed by atoms with Crippen molar-refractivity contribution in [1.82, 2.24) is 4.98 Å². The number of nitrogen functional groups attached to an aromatic ring is 1. The zero-order chi connectivity index (χ0) is 19.3. The third-order valence-electron chi connectivity index (χ3n) is 5.78. The summed E-state index contributed by atoms with van der Waals surface area (Å²) >= 11 is 0. The van der Waals surface area contributed by atoms with Crippen molar-refractivity contribution in [2.45, 2.75) is 64.2 Å². The molecule has 0 saturated carbocycles. The third-order valence-corrected chi connectivity index (χ3v) is 5.78. The average Bonchev–Trinajstić information content (AvgIpc) is 3.16. The van der Waals surface area contributed by atoms with E-state index in [0.717, 1.165) is 54.0 Å². The van der Waals surface area contributed by atoms with Gasteiger partial charge in [-0.25, -0.2) is 4.98 Å². The minimum atomic E-state index is 0.237. The van der Waals surface area contributed by atoms with Crippen LogP contribution >= 0.6 is 0 Å². The Hall–Kier alpha value is -2.74. The SMILES string of the molecule is N#Cc1c(N)nc2c(c1-c1ccc3c(c1)OCO3)CCCCCCCCCC2. The van der Waals surface area contributed by atoms with Crippen LogP contribution < -0.4 is 15.2 Å². The molecule has 146 valence electrons. The number of anilines is 1. The molecule has 28 heavy (non-hydrogen) atoms. The number of pyridine rings is 1. The maximum atomic E-state index is 9.84.